The molecule has 0 saturated heterocycles. The van der Waals surface area contributed by atoms with Crippen molar-refractivity contribution in [2.24, 2.45) is 0 Å². The molecule has 0 bridgehead atoms. The molecule has 0 spiro atoms. The van der Waals surface area contributed by atoms with Crippen molar-refractivity contribution in [2.45, 2.75) is 6.42 Å². The Hall–Kier alpha value is -1.65. The zero-order valence-electron chi connectivity index (χ0n) is 6.33. The standard InChI is InChI=1S/C7H8N3O2/c11-4-3-10-7(12)5-6-8-1-2-9-6/h1-2H,3,5H2,(H,8,9)(H,10,12). The Bertz CT molecular complexity index is 256. The molecule has 1 heterocycles. The van der Waals surface area contributed by atoms with Gasteiger partial charge in [-0.05, 0) is 0 Å². The van der Waals surface area contributed by atoms with Gasteiger partial charge in [0.1, 0.15) is 5.82 Å². The van der Waals surface area contributed by atoms with E-state index in [9.17, 15) is 9.59 Å². The fourth-order valence-electron chi connectivity index (χ4n) is 0.744. The van der Waals surface area contributed by atoms with Crippen LogP contribution in [0.3, 0.4) is 0 Å². The zero-order chi connectivity index (χ0) is 8.81. The number of carbonyl (C=O) groups excluding carboxylic acids is 2. The van der Waals surface area contributed by atoms with E-state index in [1.54, 1.807) is 18.7 Å². The largest absolute Gasteiger partial charge is 0.348 e. The monoisotopic (exact) mass is 166 g/mol. The molecule has 0 atom stereocenters. The minimum atomic E-state index is -0.242. The van der Waals surface area contributed by atoms with E-state index >= 15 is 0 Å². The smallest absolute Gasteiger partial charge is 0.227 e. The van der Waals surface area contributed by atoms with Gasteiger partial charge in [0, 0.05) is 12.4 Å². The summed E-state index contributed by atoms with van der Waals surface area (Å²) in [7, 11) is 0. The number of nitrogens with one attached hydrogen (secondary N) is 2. The number of aromatic nitrogens is 2. The second-order valence-corrected chi connectivity index (χ2v) is 2.13. The minimum absolute atomic E-state index is 0.0699. The first-order chi connectivity index (χ1) is 5.83. The summed E-state index contributed by atoms with van der Waals surface area (Å²) in [6.45, 7) is -0.0699. The van der Waals surface area contributed by atoms with Crippen LogP contribution in [-0.4, -0.2) is 28.7 Å². The molecule has 0 aliphatic rings. The summed E-state index contributed by atoms with van der Waals surface area (Å²) < 4.78 is 0. The molecule has 0 aromatic carbocycles. The van der Waals surface area contributed by atoms with Crippen LogP contribution in [0.1, 0.15) is 5.82 Å². The third-order valence-corrected chi connectivity index (χ3v) is 1.24. The van der Waals surface area contributed by atoms with E-state index in [1.807, 2.05) is 0 Å². The summed E-state index contributed by atoms with van der Waals surface area (Å²) in [5.41, 5.74) is 0. The lowest BCUT2D eigenvalue weighted by molar-refractivity contribution is -0.120. The van der Waals surface area contributed by atoms with Gasteiger partial charge in [0.2, 0.25) is 12.2 Å². The van der Waals surface area contributed by atoms with Gasteiger partial charge in [0.15, 0.2) is 0 Å². The lowest BCUT2D eigenvalue weighted by Gasteiger charge is -1.96. The molecule has 5 nitrogen and oxygen atoms in total. The Labute approximate surface area is 69.2 Å². The molecule has 12 heavy (non-hydrogen) atoms. The average molecular weight is 166 g/mol. The van der Waals surface area contributed by atoms with Crippen molar-refractivity contribution in [2.75, 3.05) is 6.54 Å². The average Bonchev–Trinajstić information content (AvgIpc) is 2.53. The number of hydrogen-bond acceptors (Lipinski definition) is 3. The van der Waals surface area contributed by atoms with Crippen LogP contribution in [0.5, 0.6) is 0 Å². The number of rotatable bonds is 4. The minimum Gasteiger partial charge on any atom is -0.348 e. The zero-order valence-corrected chi connectivity index (χ0v) is 6.33. The predicted molar refractivity (Wildman–Crippen MR) is 41.0 cm³/mol. The molecule has 1 amide bonds. The van der Waals surface area contributed by atoms with Crippen molar-refractivity contribution in [3.63, 3.8) is 0 Å². The van der Waals surface area contributed by atoms with Crippen molar-refractivity contribution in [1.29, 1.82) is 0 Å². The van der Waals surface area contributed by atoms with Gasteiger partial charge < -0.3 is 10.3 Å². The molecule has 63 valence electrons. The van der Waals surface area contributed by atoms with Crippen molar-refractivity contribution < 1.29 is 9.59 Å². The van der Waals surface area contributed by atoms with Crippen LogP contribution >= 0.6 is 0 Å². The van der Waals surface area contributed by atoms with Crippen LogP contribution in [0.15, 0.2) is 12.4 Å². The maximum atomic E-state index is 10.9. The maximum Gasteiger partial charge on any atom is 0.227 e. The quantitative estimate of drug-likeness (QED) is 0.613. The van der Waals surface area contributed by atoms with Gasteiger partial charge in [-0.15, -0.1) is 0 Å². The highest BCUT2D eigenvalue weighted by molar-refractivity contribution is 5.79. The Balaban J connectivity index is 2.32. The van der Waals surface area contributed by atoms with Gasteiger partial charge in [-0.25, -0.2) is 4.98 Å². The number of carbonyl (C=O) groups is 1. The van der Waals surface area contributed by atoms with Crippen molar-refractivity contribution >= 4 is 12.2 Å². The first kappa shape index (κ1) is 8.45. The summed E-state index contributed by atoms with van der Waals surface area (Å²) in [6, 6.07) is 0. The van der Waals surface area contributed by atoms with E-state index in [4.69, 9.17) is 0 Å². The molecule has 0 saturated carbocycles. The second-order valence-electron chi connectivity index (χ2n) is 2.13. The van der Waals surface area contributed by atoms with Gasteiger partial charge in [-0.2, -0.15) is 0 Å². The molecule has 0 fully saturated rings. The lowest BCUT2D eigenvalue weighted by atomic mass is 10.4. The Morgan fingerprint density at radius 2 is 2.58 bits per heavy atom. The van der Waals surface area contributed by atoms with E-state index < -0.39 is 0 Å². The number of nitrogens with zero attached hydrogens (tertiary/aromatic N) is 1. The summed E-state index contributed by atoms with van der Waals surface area (Å²) in [6.07, 6.45) is 4.92. The van der Waals surface area contributed by atoms with Gasteiger partial charge in [0.25, 0.3) is 0 Å². The van der Waals surface area contributed by atoms with Gasteiger partial charge >= 0.3 is 0 Å². The van der Waals surface area contributed by atoms with Gasteiger partial charge in [-0.3, -0.25) is 9.59 Å². The molecule has 0 aliphatic carbocycles. The molecule has 1 aromatic heterocycles. The maximum absolute atomic E-state index is 10.9. The first-order valence-electron chi connectivity index (χ1n) is 3.43. The fraction of sp³-hybridized carbons (Fsp3) is 0.286. The first-order valence-corrected chi connectivity index (χ1v) is 3.43. The highest BCUT2D eigenvalue weighted by Crippen LogP contribution is 1.88. The highest BCUT2D eigenvalue weighted by Gasteiger charge is 2.02. The normalized spacial score (nSPS) is 9.33. The highest BCUT2D eigenvalue weighted by atomic mass is 16.2. The Morgan fingerprint density at radius 1 is 1.75 bits per heavy atom. The van der Waals surface area contributed by atoms with Crippen LogP contribution in [0, 0.1) is 0 Å². The molecule has 5 heteroatoms. The molecule has 1 radical (unpaired) electrons. The topological polar surface area (TPSA) is 74.8 Å². The van der Waals surface area contributed by atoms with E-state index in [0.29, 0.717) is 5.82 Å². The Kier molecular flexibility index (Phi) is 3.01. The molecule has 0 unspecified atom stereocenters. The number of imidazole rings is 1. The van der Waals surface area contributed by atoms with Crippen molar-refractivity contribution in [3.05, 3.63) is 18.2 Å². The van der Waals surface area contributed by atoms with E-state index in [2.05, 4.69) is 15.3 Å². The summed E-state index contributed by atoms with van der Waals surface area (Å²) in [5, 5.41) is 2.35. The Morgan fingerprint density at radius 3 is 3.17 bits per heavy atom. The third-order valence-electron chi connectivity index (χ3n) is 1.24. The number of amides is 1. The summed E-state index contributed by atoms with van der Waals surface area (Å²) in [5.74, 6) is 0.340. The summed E-state index contributed by atoms with van der Waals surface area (Å²) >= 11 is 0. The molecule has 1 rings (SSSR count). The van der Waals surface area contributed by atoms with Crippen LogP contribution < -0.4 is 5.32 Å². The van der Waals surface area contributed by atoms with Crippen molar-refractivity contribution in [3.8, 4) is 0 Å². The van der Waals surface area contributed by atoms with Gasteiger partial charge in [-0.1, -0.05) is 0 Å². The van der Waals surface area contributed by atoms with Crippen LogP contribution in [-0.2, 0) is 16.0 Å². The third kappa shape index (κ3) is 2.53. The molecular weight excluding hydrogens is 158 g/mol. The van der Waals surface area contributed by atoms with Crippen LogP contribution in [0.4, 0.5) is 0 Å². The lowest BCUT2D eigenvalue weighted by Crippen LogP contribution is -2.27. The summed E-state index contributed by atoms with van der Waals surface area (Å²) in [4.78, 5) is 27.3. The van der Waals surface area contributed by atoms with Crippen LogP contribution in [0.2, 0.25) is 0 Å². The van der Waals surface area contributed by atoms with Gasteiger partial charge in [0.05, 0.1) is 13.0 Å². The van der Waals surface area contributed by atoms with Crippen LogP contribution in [0.25, 0.3) is 0 Å². The number of H-pyrrole nitrogens is 1. The SMILES string of the molecule is O=[C]CNC(=O)Cc1ncc[nH]1. The number of aromatic amines is 1. The molecular formula is C7H8N3O2. The fourth-order valence-corrected chi connectivity index (χ4v) is 0.744. The van der Waals surface area contributed by atoms with E-state index in [0.717, 1.165) is 0 Å². The second kappa shape index (κ2) is 4.27. The number of hydrogen-bond donors (Lipinski definition) is 2. The molecule has 1 aromatic rings. The van der Waals surface area contributed by atoms with E-state index in [1.165, 1.54) is 0 Å². The van der Waals surface area contributed by atoms with E-state index in [-0.39, 0.29) is 18.9 Å². The predicted octanol–water partition coefficient (Wildman–Crippen LogP) is -0.822. The molecule has 2 N–H and O–H groups in total. The van der Waals surface area contributed by atoms with Crippen molar-refractivity contribution in [1.82, 2.24) is 15.3 Å². The molecule has 0 aliphatic heterocycles.